The van der Waals surface area contributed by atoms with Gasteiger partial charge in [0.2, 0.25) is 0 Å². The third kappa shape index (κ3) is 2.40. The first-order valence-electron chi connectivity index (χ1n) is 7.31. The number of methoxy groups -OCH3 is 1. The summed E-state index contributed by atoms with van der Waals surface area (Å²) >= 11 is 0. The molecule has 1 aliphatic heterocycles. The molecule has 2 atom stereocenters. The minimum Gasteiger partial charge on any atom is -0.467 e. The second-order valence-corrected chi connectivity index (χ2v) is 5.57. The Balaban J connectivity index is 2.02. The summed E-state index contributed by atoms with van der Waals surface area (Å²) in [5, 5.41) is 13.9. The van der Waals surface area contributed by atoms with Gasteiger partial charge in [0.05, 0.1) is 13.2 Å². The van der Waals surface area contributed by atoms with E-state index >= 15 is 0 Å². The topological polar surface area (TPSA) is 58.6 Å². The SMILES string of the molecule is COC(=O)C1(O)CNC1C(c1ccccc1)c1ccccc1. The van der Waals surface area contributed by atoms with E-state index in [0.717, 1.165) is 11.1 Å². The van der Waals surface area contributed by atoms with E-state index in [1.54, 1.807) is 0 Å². The molecule has 2 unspecified atom stereocenters. The molecular formula is C18H19NO3. The predicted molar refractivity (Wildman–Crippen MR) is 83.5 cm³/mol. The molecule has 3 rings (SSSR count). The molecule has 1 saturated heterocycles. The average Bonchev–Trinajstić information content (AvgIpc) is 2.58. The molecule has 2 aromatic carbocycles. The van der Waals surface area contributed by atoms with Gasteiger partial charge < -0.3 is 15.2 Å². The normalized spacial score (nSPS) is 23.9. The molecule has 0 bridgehead atoms. The van der Waals surface area contributed by atoms with Crippen LogP contribution in [-0.4, -0.2) is 36.4 Å². The summed E-state index contributed by atoms with van der Waals surface area (Å²) in [6.45, 7) is 0.209. The van der Waals surface area contributed by atoms with Gasteiger partial charge in [-0.2, -0.15) is 0 Å². The Morgan fingerprint density at radius 3 is 2.00 bits per heavy atom. The molecule has 22 heavy (non-hydrogen) atoms. The lowest BCUT2D eigenvalue weighted by atomic mass is 9.72. The van der Waals surface area contributed by atoms with Gasteiger partial charge in [0, 0.05) is 12.5 Å². The van der Waals surface area contributed by atoms with Crippen molar-refractivity contribution in [3.05, 3.63) is 71.8 Å². The molecule has 0 amide bonds. The highest BCUT2D eigenvalue weighted by Gasteiger charge is 2.56. The maximum Gasteiger partial charge on any atom is 0.340 e. The highest BCUT2D eigenvalue weighted by atomic mass is 16.5. The lowest BCUT2D eigenvalue weighted by Crippen LogP contribution is -2.74. The van der Waals surface area contributed by atoms with Crippen molar-refractivity contribution in [1.29, 1.82) is 0 Å². The monoisotopic (exact) mass is 297 g/mol. The first-order chi connectivity index (χ1) is 10.7. The summed E-state index contributed by atoms with van der Waals surface area (Å²) in [7, 11) is 1.30. The first kappa shape index (κ1) is 14.8. The van der Waals surface area contributed by atoms with E-state index in [0.29, 0.717) is 0 Å². The number of hydrogen-bond acceptors (Lipinski definition) is 4. The van der Waals surface area contributed by atoms with Crippen molar-refractivity contribution < 1.29 is 14.6 Å². The van der Waals surface area contributed by atoms with Gasteiger partial charge in [0.25, 0.3) is 0 Å². The van der Waals surface area contributed by atoms with Crippen LogP contribution in [0.2, 0.25) is 0 Å². The smallest absolute Gasteiger partial charge is 0.340 e. The summed E-state index contributed by atoms with van der Waals surface area (Å²) in [6.07, 6.45) is 0. The van der Waals surface area contributed by atoms with Crippen LogP contribution in [-0.2, 0) is 9.53 Å². The van der Waals surface area contributed by atoms with Crippen molar-refractivity contribution in [3.8, 4) is 0 Å². The van der Waals surface area contributed by atoms with Gasteiger partial charge in [-0.25, -0.2) is 4.79 Å². The van der Waals surface area contributed by atoms with Gasteiger partial charge >= 0.3 is 5.97 Å². The number of benzene rings is 2. The third-order valence-corrected chi connectivity index (χ3v) is 4.30. The Labute approximate surface area is 129 Å². The number of carbonyl (C=O) groups is 1. The molecule has 4 nitrogen and oxygen atoms in total. The van der Waals surface area contributed by atoms with Crippen LogP contribution in [0.25, 0.3) is 0 Å². The minimum atomic E-state index is -1.49. The van der Waals surface area contributed by atoms with Crippen LogP contribution < -0.4 is 5.32 Å². The second-order valence-electron chi connectivity index (χ2n) is 5.57. The van der Waals surface area contributed by atoms with Crippen molar-refractivity contribution in [1.82, 2.24) is 5.32 Å². The summed E-state index contributed by atoms with van der Waals surface area (Å²) < 4.78 is 4.78. The second kappa shape index (κ2) is 5.91. The van der Waals surface area contributed by atoms with Crippen LogP contribution in [0.4, 0.5) is 0 Å². The molecule has 0 saturated carbocycles. The fourth-order valence-corrected chi connectivity index (χ4v) is 3.08. The van der Waals surface area contributed by atoms with Crippen LogP contribution in [0.3, 0.4) is 0 Å². The molecule has 1 fully saturated rings. The quantitative estimate of drug-likeness (QED) is 0.843. The molecule has 1 aliphatic rings. The van der Waals surface area contributed by atoms with Gasteiger partial charge in [-0.05, 0) is 11.1 Å². The van der Waals surface area contributed by atoms with Crippen molar-refractivity contribution in [2.45, 2.75) is 17.6 Å². The Kier molecular flexibility index (Phi) is 3.96. The Bertz CT molecular complexity index is 604. The Morgan fingerprint density at radius 2 is 1.64 bits per heavy atom. The first-order valence-corrected chi connectivity index (χ1v) is 7.31. The average molecular weight is 297 g/mol. The van der Waals surface area contributed by atoms with Crippen molar-refractivity contribution in [2.24, 2.45) is 0 Å². The predicted octanol–water partition coefficient (Wildman–Crippen LogP) is 1.69. The van der Waals surface area contributed by atoms with Crippen molar-refractivity contribution in [2.75, 3.05) is 13.7 Å². The molecule has 0 aliphatic carbocycles. The van der Waals surface area contributed by atoms with E-state index in [-0.39, 0.29) is 12.5 Å². The van der Waals surface area contributed by atoms with Crippen LogP contribution in [0, 0.1) is 0 Å². The van der Waals surface area contributed by atoms with Crippen LogP contribution >= 0.6 is 0 Å². The highest BCUT2D eigenvalue weighted by Crippen LogP contribution is 2.37. The zero-order valence-corrected chi connectivity index (χ0v) is 12.4. The standard InChI is InChI=1S/C18H19NO3/c1-22-17(20)18(21)12-19-16(18)15(13-8-4-2-5-9-13)14-10-6-3-7-11-14/h2-11,15-16,19,21H,12H2,1H3. The minimum absolute atomic E-state index is 0.125. The number of aliphatic hydroxyl groups is 1. The molecule has 2 N–H and O–H groups in total. The van der Waals surface area contributed by atoms with E-state index < -0.39 is 17.6 Å². The number of hydrogen-bond donors (Lipinski definition) is 2. The number of ether oxygens (including phenoxy) is 1. The zero-order valence-electron chi connectivity index (χ0n) is 12.4. The molecule has 1 heterocycles. The molecule has 2 aromatic rings. The van der Waals surface area contributed by atoms with Gasteiger partial charge in [-0.3, -0.25) is 0 Å². The molecule has 0 spiro atoms. The maximum atomic E-state index is 12.0. The Hall–Kier alpha value is -2.17. The molecule has 4 heteroatoms. The Morgan fingerprint density at radius 1 is 1.14 bits per heavy atom. The fraction of sp³-hybridized carbons (Fsp3) is 0.278. The number of rotatable bonds is 4. The lowest BCUT2D eigenvalue weighted by molar-refractivity contribution is -0.175. The van der Waals surface area contributed by atoms with Crippen LogP contribution in [0.1, 0.15) is 17.0 Å². The largest absolute Gasteiger partial charge is 0.467 e. The lowest BCUT2D eigenvalue weighted by Gasteiger charge is -2.48. The van der Waals surface area contributed by atoms with Crippen LogP contribution in [0.15, 0.2) is 60.7 Å². The van der Waals surface area contributed by atoms with E-state index in [4.69, 9.17) is 4.74 Å². The van der Waals surface area contributed by atoms with E-state index in [1.165, 1.54) is 7.11 Å². The molecular weight excluding hydrogens is 278 g/mol. The van der Waals surface area contributed by atoms with Crippen molar-refractivity contribution in [3.63, 3.8) is 0 Å². The van der Waals surface area contributed by atoms with Crippen LogP contribution in [0.5, 0.6) is 0 Å². The summed E-state index contributed by atoms with van der Waals surface area (Å²) in [5.41, 5.74) is 0.604. The van der Waals surface area contributed by atoms with Crippen molar-refractivity contribution >= 4 is 5.97 Å². The third-order valence-electron chi connectivity index (χ3n) is 4.30. The van der Waals surface area contributed by atoms with Gasteiger partial charge in [0.15, 0.2) is 5.60 Å². The van der Waals surface area contributed by atoms with Gasteiger partial charge in [-0.1, -0.05) is 60.7 Å². The molecule has 0 radical (unpaired) electrons. The number of β-amino-alcohol motifs (C(OH)–C–C–N with tert-alkyl or cyclic N) is 1. The number of esters is 1. The summed E-state index contributed by atoms with van der Waals surface area (Å²) in [5.74, 6) is -0.714. The molecule has 114 valence electrons. The highest BCUT2D eigenvalue weighted by molar-refractivity contribution is 5.82. The molecule has 0 aromatic heterocycles. The maximum absolute atomic E-state index is 12.0. The van der Waals surface area contributed by atoms with Gasteiger partial charge in [0.1, 0.15) is 0 Å². The van der Waals surface area contributed by atoms with E-state index in [9.17, 15) is 9.90 Å². The van der Waals surface area contributed by atoms with Gasteiger partial charge in [-0.15, -0.1) is 0 Å². The number of carbonyl (C=O) groups excluding carboxylic acids is 1. The summed E-state index contributed by atoms with van der Waals surface area (Å²) in [4.78, 5) is 12.0. The summed E-state index contributed by atoms with van der Waals surface area (Å²) in [6, 6.07) is 19.4. The van der Waals surface area contributed by atoms with E-state index in [1.807, 2.05) is 60.7 Å². The fourth-order valence-electron chi connectivity index (χ4n) is 3.08. The number of nitrogens with one attached hydrogen (secondary N) is 1. The zero-order chi connectivity index (χ0) is 15.6. The van der Waals surface area contributed by atoms with E-state index in [2.05, 4.69) is 5.32 Å².